The lowest BCUT2D eigenvalue weighted by Gasteiger charge is -2.09. The van der Waals surface area contributed by atoms with E-state index in [-0.39, 0.29) is 5.56 Å². The summed E-state index contributed by atoms with van der Waals surface area (Å²) in [5, 5.41) is 1.98. The van der Waals surface area contributed by atoms with E-state index in [0.717, 1.165) is 14.4 Å². The Labute approximate surface area is 196 Å². The molecule has 0 unspecified atom stereocenters. The molecule has 0 bridgehead atoms. The van der Waals surface area contributed by atoms with Gasteiger partial charge in [0.05, 0.1) is 0 Å². The lowest BCUT2D eigenvalue weighted by Crippen LogP contribution is -2.37. The van der Waals surface area contributed by atoms with Crippen molar-refractivity contribution in [1.29, 1.82) is 0 Å². The van der Waals surface area contributed by atoms with Crippen LogP contribution in [0, 0.1) is 0 Å². The Bertz CT molecular complexity index is 1360. The molecule has 6 nitrogen and oxygen atoms in total. The molecule has 0 saturated heterocycles. The number of thioether (sulfide) groups is 1. The van der Waals surface area contributed by atoms with E-state index in [1.165, 1.54) is 23.4 Å². The van der Waals surface area contributed by atoms with Gasteiger partial charge >= 0.3 is 5.69 Å². The van der Waals surface area contributed by atoms with Crippen LogP contribution in [0.4, 0.5) is 0 Å². The van der Waals surface area contributed by atoms with E-state index in [0.29, 0.717) is 38.7 Å². The Kier molecular flexibility index (Phi) is 6.52. The van der Waals surface area contributed by atoms with Gasteiger partial charge in [-0.2, -0.15) is 0 Å². The molecule has 0 radical (unpaired) electrons. The Morgan fingerprint density at radius 1 is 0.871 bits per heavy atom. The topological polar surface area (TPSA) is 61.8 Å². The van der Waals surface area contributed by atoms with Crippen molar-refractivity contribution < 1.29 is 0 Å². The lowest BCUT2D eigenvalue weighted by atomic mass is 10.4. The molecule has 2 aromatic carbocycles. The number of imidazole rings is 1. The molecule has 4 rings (SSSR count). The zero-order valence-electron chi connectivity index (χ0n) is 16.7. The van der Waals surface area contributed by atoms with Crippen molar-refractivity contribution in [2.24, 2.45) is 14.1 Å². The molecule has 0 aliphatic carbocycles. The predicted molar refractivity (Wildman–Crippen MR) is 128 cm³/mol. The molecule has 0 amide bonds. The number of nitrogens with zero attached hydrogens (tertiary/aromatic N) is 4. The first-order chi connectivity index (χ1) is 14.8. The van der Waals surface area contributed by atoms with E-state index in [4.69, 9.17) is 23.2 Å². The molecule has 0 fully saturated rings. The molecular formula is C21H18Cl2N4O2S2. The summed E-state index contributed by atoms with van der Waals surface area (Å²) < 4.78 is 4.41. The highest BCUT2D eigenvalue weighted by Gasteiger charge is 2.19. The maximum absolute atomic E-state index is 12.9. The second-order valence-corrected chi connectivity index (χ2v) is 9.86. The molecule has 0 N–H and O–H groups in total. The summed E-state index contributed by atoms with van der Waals surface area (Å²) in [6.45, 7) is 0.549. The van der Waals surface area contributed by atoms with E-state index in [1.807, 2.05) is 53.1 Å². The van der Waals surface area contributed by atoms with E-state index in [2.05, 4.69) is 4.98 Å². The fourth-order valence-corrected chi connectivity index (χ4v) is 5.10. The Morgan fingerprint density at radius 2 is 1.45 bits per heavy atom. The van der Waals surface area contributed by atoms with Crippen LogP contribution < -0.4 is 11.2 Å². The highest BCUT2D eigenvalue weighted by atomic mass is 35.5. The van der Waals surface area contributed by atoms with Gasteiger partial charge in [-0.1, -0.05) is 35.0 Å². The molecule has 0 saturated carbocycles. The van der Waals surface area contributed by atoms with Crippen LogP contribution in [-0.4, -0.2) is 24.4 Å². The van der Waals surface area contributed by atoms with Gasteiger partial charge in [0.1, 0.15) is 0 Å². The predicted octanol–water partition coefficient (Wildman–Crippen LogP) is 4.68. The molecule has 0 atom stereocenters. The molecule has 2 heterocycles. The number of hydrogen-bond acceptors (Lipinski definition) is 5. The number of rotatable bonds is 6. The summed E-state index contributed by atoms with van der Waals surface area (Å²) in [4.78, 5) is 32.0. The molecule has 2 aromatic heterocycles. The molecule has 0 aliphatic rings. The molecule has 31 heavy (non-hydrogen) atoms. The number of fused-ring (bicyclic) bond motifs is 1. The average molecular weight is 493 g/mol. The van der Waals surface area contributed by atoms with E-state index in [1.54, 1.807) is 18.8 Å². The van der Waals surface area contributed by atoms with Crippen LogP contribution in [0.15, 0.2) is 73.1 Å². The third kappa shape index (κ3) is 4.57. The van der Waals surface area contributed by atoms with Crippen molar-refractivity contribution in [2.75, 3.05) is 5.75 Å². The van der Waals surface area contributed by atoms with E-state index >= 15 is 0 Å². The number of benzene rings is 2. The van der Waals surface area contributed by atoms with Gasteiger partial charge < -0.3 is 4.57 Å². The van der Waals surface area contributed by atoms with Gasteiger partial charge in [0.15, 0.2) is 16.3 Å². The fraction of sp³-hybridized carbons (Fsp3) is 0.190. The van der Waals surface area contributed by atoms with Crippen molar-refractivity contribution in [2.45, 2.75) is 21.5 Å². The SMILES string of the molecule is Cn1c(=O)c2c(nc(Sc3ccc(Cl)cc3)n2CCSc2ccc(Cl)cc2)n(C)c1=O. The second-order valence-electron chi connectivity index (χ2n) is 6.78. The minimum absolute atomic E-state index is 0.356. The smallest absolute Gasteiger partial charge is 0.312 e. The van der Waals surface area contributed by atoms with Gasteiger partial charge in [-0.15, -0.1) is 11.8 Å². The van der Waals surface area contributed by atoms with Gasteiger partial charge in [0.25, 0.3) is 5.56 Å². The lowest BCUT2D eigenvalue weighted by molar-refractivity contribution is 0.688. The quantitative estimate of drug-likeness (QED) is 0.365. The van der Waals surface area contributed by atoms with Crippen LogP contribution in [0.5, 0.6) is 0 Å². The summed E-state index contributed by atoms with van der Waals surface area (Å²) in [5.41, 5.74) is 0.0320. The monoisotopic (exact) mass is 492 g/mol. The third-order valence-electron chi connectivity index (χ3n) is 4.73. The van der Waals surface area contributed by atoms with Crippen LogP contribution in [0.2, 0.25) is 10.0 Å². The summed E-state index contributed by atoms with van der Waals surface area (Å²) in [7, 11) is 3.11. The Hall–Kier alpha value is -2.13. The highest BCUT2D eigenvalue weighted by Crippen LogP contribution is 2.30. The summed E-state index contributed by atoms with van der Waals surface area (Å²) in [5.74, 6) is 0.716. The van der Waals surface area contributed by atoms with Gasteiger partial charge in [0, 0.05) is 46.2 Å². The van der Waals surface area contributed by atoms with Crippen molar-refractivity contribution in [3.05, 3.63) is 79.4 Å². The van der Waals surface area contributed by atoms with Crippen LogP contribution in [0.25, 0.3) is 11.2 Å². The normalized spacial score (nSPS) is 11.4. The number of aryl methyl sites for hydroxylation is 2. The maximum Gasteiger partial charge on any atom is 0.332 e. The minimum Gasteiger partial charge on any atom is -0.312 e. The van der Waals surface area contributed by atoms with Crippen molar-refractivity contribution in [3.63, 3.8) is 0 Å². The Morgan fingerprint density at radius 3 is 2.06 bits per heavy atom. The molecular weight excluding hydrogens is 475 g/mol. The minimum atomic E-state index is -0.402. The summed E-state index contributed by atoms with van der Waals surface area (Å²) >= 11 is 15.0. The summed E-state index contributed by atoms with van der Waals surface area (Å²) in [6, 6.07) is 15.0. The fourth-order valence-electron chi connectivity index (χ4n) is 3.11. The molecule has 0 aliphatic heterocycles. The van der Waals surface area contributed by atoms with Gasteiger partial charge in [0.2, 0.25) is 0 Å². The average Bonchev–Trinajstić information content (AvgIpc) is 3.12. The second kappa shape index (κ2) is 9.16. The number of halogens is 2. The molecule has 4 aromatic rings. The standard InChI is InChI=1S/C21H18Cl2N4O2S2/c1-25-18-17(19(28)26(2)21(25)29)27(11-12-30-15-7-3-13(22)4-8-15)20(24-18)31-16-9-5-14(23)6-10-16/h3-10H,11-12H2,1-2H3. The highest BCUT2D eigenvalue weighted by molar-refractivity contribution is 7.99. The van der Waals surface area contributed by atoms with Crippen LogP contribution in [0.3, 0.4) is 0 Å². The first kappa shape index (κ1) is 22.1. The van der Waals surface area contributed by atoms with Crippen molar-refractivity contribution in [1.82, 2.24) is 18.7 Å². The van der Waals surface area contributed by atoms with Crippen LogP contribution >= 0.6 is 46.7 Å². The summed E-state index contributed by atoms with van der Waals surface area (Å²) in [6.07, 6.45) is 0. The molecule has 10 heteroatoms. The third-order valence-corrected chi connectivity index (χ3v) is 7.23. The van der Waals surface area contributed by atoms with Crippen molar-refractivity contribution in [3.8, 4) is 0 Å². The van der Waals surface area contributed by atoms with Crippen LogP contribution in [-0.2, 0) is 20.6 Å². The largest absolute Gasteiger partial charge is 0.332 e. The number of aromatic nitrogens is 4. The Balaban J connectivity index is 1.74. The number of hydrogen-bond donors (Lipinski definition) is 0. The first-order valence-corrected chi connectivity index (χ1v) is 11.9. The van der Waals surface area contributed by atoms with Crippen molar-refractivity contribution >= 4 is 57.9 Å². The zero-order valence-corrected chi connectivity index (χ0v) is 19.9. The van der Waals surface area contributed by atoms with Gasteiger partial charge in [-0.25, -0.2) is 9.78 Å². The van der Waals surface area contributed by atoms with Gasteiger partial charge in [-0.3, -0.25) is 13.9 Å². The first-order valence-electron chi connectivity index (χ1n) is 9.33. The van der Waals surface area contributed by atoms with E-state index < -0.39 is 5.69 Å². The molecule has 160 valence electrons. The van der Waals surface area contributed by atoms with Crippen LogP contribution in [0.1, 0.15) is 0 Å². The molecule has 0 spiro atoms. The van der Waals surface area contributed by atoms with E-state index in [9.17, 15) is 9.59 Å². The zero-order chi connectivity index (χ0) is 22.1. The maximum atomic E-state index is 12.9. The van der Waals surface area contributed by atoms with Gasteiger partial charge in [-0.05, 0) is 48.5 Å².